The minimum atomic E-state index is -0.854. The second-order valence-electron chi connectivity index (χ2n) is 6.34. The van der Waals surface area contributed by atoms with Gasteiger partial charge in [0.25, 0.3) is 11.7 Å². The summed E-state index contributed by atoms with van der Waals surface area (Å²) in [6.07, 6.45) is 0. The number of benzene rings is 2. The van der Waals surface area contributed by atoms with Crippen LogP contribution in [0.15, 0.2) is 48.0 Å². The molecule has 152 valence electrons. The maximum absolute atomic E-state index is 12.8. The van der Waals surface area contributed by atoms with Crippen LogP contribution in [0, 0.1) is 0 Å². The molecule has 0 saturated carbocycles. The highest BCUT2D eigenvalue weighted by molar-refractivity contribution is 6.46. The van der Waals surface area contributed by atoms with Crippen molar-refractivity contribution in [3.63, 3.8) is 0 Å². The van der Waals surface area contributed by atoms with Gasteiger partial charge in [-0.05, 0) is 35.9 Å². The number of ketones is 1. The molecule has 2 aromatic rings. The molecule has 1 atom stereocenters. The molecule has 1 amide bonds. The highest BCUT2D eigenvalue weighted by Gasteiger charge is 2.45. The Hall–Kier alpha value is -3.03. The Morgan fingerprint density at radius 1 is 1.07 bits per heavy atom. The zero-order chi connectivity index (χ0) is 21.1. The first kappa shape index (κ1) is 20.7. The zero-order valence-corrected chi connectivity index (χ0v) is 16.6. The van der Waals surface area contributed by atoms with E-state index in [2.05, 4.69) is 0 Å². The highest BCUT2D eigenvalue weighted by Crippen LogP contribution is 2.40. The Kier molecular flexibility index (Phi) is 6.10. The molecule has 1 aliphatic rings. The number of aliphatic hydroxyl groups excluding tert-OH is 2. The molecule has 29 heavy (non-hydrogen) atoms. The van der Waals surface area contributed by atoms with Gasteiger partial charge in [0.15, 0.2) is 11.5 Å². The lowest BCUT2D eigenvalue weighted by atomic mass is 9.95. The summed E-state index contributed by atoms with van der Waals surface area (Å²) < 4.78 is 10.4. The smallest absolute Gasteiger partial charge is 0.295 e. The van der Waals surface area contributed by atoms with Crippen LogP contribution in [-0.4, -0.2) is 54.2 Å². The van der Waals surface area contributed by atoms with Crippen molar-refractivity contribution in [2.45, 2.75) is 6.04 Å². The number of β-amino-alcohol motifs (C(OH)–C–C–N with tert-alkyl or cyclic N) is 1. The van der Waals surface area contributed by atoms with Gasteiger partial charge in [-0.2, -0.15) is 0 Å². The van der Waals surface area contributed by atoms with E-state index in [1.165, 1.54) is 25.2 Å². The second-order valence-corrected chi connectivity index (χ2v) is 6.77. The first-order chi connectivity index (χ1) is 13.9. The van der Waals surface area contributed by atoms with Crippen molar-refractivity contribution in [2.24, 2.45) is 0 Å². The van der Waals surface area contributed by atoms with Gasteiger partial charge < -0.3 is 24.6 Å². The van der Waals surface area contributed by atoms with E-state index in [0.29, 0.717) is 27.6 Å². The molecule has 0 radical (unpaired) electrons. The first-order valence-corrected chi connectivity index (χ1v) is 9.17. The van der Waals surface area contributed by atoms with Crippen LogP contribution in [0.1, 0.15) is 17.2 Å². The molecule has 0 aliphatic carbocycles. The number of hydrogen-bond acceptors (Lipinski definition) is 6. The number of hydrogen-bond donors (Lipinski definition) is 2. The van der Waals surface area contributed by atoms with Crippen LogP contribution in [0.2, 0.25) is 5.02 Å². The number of nitrogens with zero attached hydrogens (tertiary/aromatic N) is 1. The van der Waals surface area contributed by atoms with Gasteiger partial charge in [0.1, 0.15) is 5.76 Å². The van der Waals surface area contributed by atoms with Crippen molar-refractivity contribution in [3.05, 3.63) is 64.2 Å². The Morgan fingerprint density at radius 3 is 2.31 bits per heavy atom. The molecule has 0 spiro atoms. The Balaban J connectivity index is 2.18. The van der Waals surface area contributed by atoms with E-state index in [4.69, 9.17) is 21.1 Å². The van der Waals surface area contributed by atoms with E-state index in [-0.39, 0.29) is 24.5 Å². The summed E-state index contributed by atoms with van der Waals surface area (Å²) in [4.78, 5) is 26.6. The molecule has 1 heterocycles. The fourth-order valence-corrected chi connectivity index (χ4v) is 3.48. The molecule has 1 unspecified atom stereocenters. The van der Waals surface area contributed by atoms with Gasteiger partial charge in [0, 0.05) is 17.1 Å². The molecule has 8 heteroatoms. The van der Waals surface area contributed by atoms with E-state index in [1.54, 1.807) is 36.4 Å². The van der Waals surface area contributed by atoms with Crippen molar-refractivity contribution in [2.75, 3.05) is 27.4 Å². The van der Waals surface area contributed by atoms with Crippen LogP contribution in [-0.2, 0) is 9.59 Å². The summed E-state index contributed by atoms with van der Waals surface area (Å²) >= 11 is 5.96. The molecular weight excluding hydrogens is 398 g/mol. The van der Waals surface area contributed by atoms with Crippen molar-refractivity contribution in [1.82, 2.24) is 4.90 Å². The van der Waals surface area contributed by atoms with Crippen LogP contribution >= 0.6 is 11.6 Å². The average molecular weight is 418 g/mol. The average Bonchev–Trinajstić information content (AvgIpc) is 2.98. The molecule has 0 bridgehead atoms. The summed E-state index contributed by atoms with van der Waals surface area (Å²) in [5.41, 5.74) is 0.811. The van der Waals surface area contributed by atoms with E-state index in [0.717, 1.165) is 0 Å². The predicted octanol–water partition coefficient (Wildman–Crippen LogP) is 2.77. The molecule has 3 rings (SSSR count). The SMILES string of the molecule is COc1ccc(C(O)=C2C(=O)C(=O)N(CCO)C2c2ccc(Cl)cc2)cc1OC. The normalized spacial score (nSPS) is 18.2. The number of likely N-dealkylation sites (tertiary alicyclic amines) is 1. The number of amides is 1. The van der Waals surface area contributed by atoms with Gasteiger partial charge in [-0.15, -0.1) is 0 Å². The summed E-state index contributed by atoms with van der Waals surface area (Å²) in [7, 11) is 2.94. The molecule has 1 fully saturated rings. The van der Waals surface area contributed by atoms with Crippen LogP contribution in [0.25, 0.3) is 5.76 Å². The highest BCUT2D eigenvalue weighted by atomic mass is 35.5. The number of halogens is 1. The van der Waals surface area contributed by atoms with Gasteiger partial charge in [0.05, 0.1) is 32.4 Å². The van der Waals surface area contributed by atoms with Crippen molar-refractivity contribution in [1.29, 1.82) is 0 Å². The number of carbonyl (C=O) groups excluding carboxylic acids is 2. The molecule has 2 aromatic carbocycles. The molecule has 2 N–H and O–H groups in total. The summed E-state index contributed by atoms with van der Waals surface area (Å²) in [5, 5.41) is 20.8. The molecule has 1 saturated heterocycles. The third kappa shape index (κ3) is 3.79. The minimum Gasteiger partial charge on any atom is -0.507 e. The molecule has 1 aliphatic heterocycles. The summed E-state index contributed by atoms with van der Waals surface area (Å²) in [5.74, 6) is -1.14. The lowest BCUT2D eigenvalue weighted by Gasteiger charge is -2.24. The van der Waals surface area contributed by atoms with Crippen LogP contribution in [0.5, 0.6) is 11.5 Å². The largest absolute Gasteiger partial charge is 0.507 e. The van der Waals surface area contributed by atoms with Crippen LogP contribution in [0.4, 0.5) is 0 Å². The fourth-order valence-electron chi connectivity index (χ4n) is 3.35. The van der Waals surface area contributed by atoms with E-state index in [1.807, 2.05) is 0 Å². The summed E-state index contributed by atoms with van der Waals surface area (Å²) in [6, 6.07) is 10.4. The third-order valence-corrected chi connectivity index (χ3v) is 4.98. The lowest BCUT2D eigenvalue weighted by molar-refractivity contribution is -0.140. The third-order valence-electron chi connectivity index (χ3n) is 4.72. The Labute approximate surface area is 172 Å². The quantitative estimate of drug-likeness (QED) is 0.426. The maximum Gasteiger partial charge on any atom is 0.295 e. The van der Waals surface area contributed by atoms with Gasteiger partial charge in [-0.1, -0.05) is 23.7 Å². The van der Waals surface area contributed by atoms with Gasteiger partial charge in [0.2, 0.25) is 0 Å². The van der Waals surface area contributed by atoms with Crippen molar-refractivity contribution in [3.8, 4) is 11.5 Å². The topological polar surface area (TPSA) is 96.3 Å². The van der Waals surface area contributed by atoms with Crippen LogP contribution in [0.3, 0.4) is 0 Å². The molecule has 7 nitrogen and oxygen atoms in total. The van der Waals surface area contributed by atoms with Crippen molar-refractivity contribution >= 4 is 29.1 Å². The number of methoxy groups -OCH3 is 2. The van der Waals surface area contributed by atoms with E-state index < -0.39 is 17.7 Å². The zero-order valence-electron chi connectivity index (χ0n) is 15.9. The number of ether oxygens (including phenoxy) is 2. The second kappa shape index (κ2) is 8.55. The lowest BCUT2D eigenvalue weighted by Crippen LogP contribution is -2.32. The molecular formula is C21H20ClNO6. The number of Topliss-reactive ketones (excluding diaryl/α,β-unsaturated/α-hetero) is 1. The van der Waals surface area contributed by atoms with E-state index >= 15 is 0 Å². The number of rotatable bonds is 6. The Bertz CT molecular complexity index is 970. The number of aliphatic hydroxyl groups is 2. The fraction of sp³-hybridized carbons (Fsp3) is 0.238. The van der Waals surface area contributed by atoms with E-state index in [9.17, 15) is 19.8 Å². The molecule has 0 aromatic heterocycles. The Morgan fingerprint density at radius 2 is 1.72 bits per heavy atom. The van der Waals surface area contributed by atoms with Crippen LogP contribution < -0.4 is 9.47 Å². The first-order valence-electron chi connectivity index (χ1n) is 8.80. The van der Waals surface area contributed by atoms with Crippen molar-refractivity contribution < 1.29 is 29.3 Å². The van der Waals surface area contributed by atoms with Gasteiger partial charge >= 0.3 is 0 Å². The maximum atomic E-state index is 12.8. The van der Waals surface area contributed by atoms with Gasteiger partial charge in [-0.3, -0.25) is 9.59 Å². The number of carbonyl (C=O) groups is 2. The standard InChI is InChI=1S/C21H20ClNO6/c1-28-15-8-5-13(11-16(15)29-2)19(25)17-18(12-3-6-14(22)7-4-12)23(9-10-24)21(27)20(17)26/h3-8,11,18,24-25H,9-10H2,1-2H3. The predicted molar refractivity (Wildman–Crippen MR) is 107 cm³/mol. The van der Waals surface area contributed by atoms with Gasteiger partial charge in [-0.25, -0.2) is 0 Å². The minimum absolute atomic E-state index is 0.0550. The summed E-state index contributed by atoms with van der Waals surface area (Å²) in [6.45, 7) is -0.381. The monoisotopic (exact) mass is 417 g/mol.